The van der Waals surface area contributed by atoms with Crippen LogP contribution >= 0.6 is 15.9 Å². The molecule has 1 aromatic heterocycles. The van der Waals surface area contributed by atoms with E-state index < -0.39 is 6.10 Å². The predicted octanol–water partition coefficient (Wildman–Crippen LogP) is 4.32. The molecule has 5 heteroatoms. The number of carbonyl (C=O) groups excluding carboxylic acids is 1. The van der Waals surface area contributed by atoms with Crippen molar-refractivity contribution in [3.63, 3.8) is 0 Å². The highest BCUT2D eigenvalue weighted by Crippen LogP contribution is 2.41. The highest BCUT2D eigenvalue weighted by Gasteiger charge is 2.32. The summed E-state index contributed by atoms with van der Waals surface area (Å²) in [4.78, 5) is 12.4. The fourth-order valence-corrected chi connectivity index (χ4v) is 4.88. The van der Waals surface area contributed by atoms with Crippen LogP contribution in [0.1, 0.15) is 56.9 Å². The van der Waals surface area contributed by atoms with Crippen molar-refractivity contribution in [1.29, 1.82) is 0 Å². The standard InChI is InChI=1S/C20H27BrN2O2/c1-13(24)11-23-12-15(19-16(21)9-6-10-17(19)23)18(20(22)25)14-7-4-2-3-5-8-14/h6,9-10,12-14,18,24H,2-5,7-8,11H2,1H3,(H2,22,25). The molecule has 0 spiro atoms. The molecular formula is C20H27BrN2O2. The molecule has 2 atom stereocenters. The second-order valence-corrected chi connectivity index (χ2v) is 8.21. The molecule has 2 unspecified atom stereocenters. The van der Waals surface area contributed by atoms with E-state index in [1.807, 2.05) is 29.0 Å². The van der Waals surface area contributed by atoms with E-state index in [-0.39, 0.29) is 11.8 Å². The van der Waals surface area contributed by atoms with Crippen LogP contribution < -0.4 is 5.73 Å². The van der Waals surface area contributed by atoms with Gasteiger partial charge in [0.05, 0.1) is 12.0 Å². The van der Waals surface area contributed by atoms with E-state index in [2.05, 4.69) is 15.9 Å². The molecule has 4 nitrogen and oxygen atoms in total. The summed E-state index contributed by atoms with van der Waals surface area (Å²) in [6, 6.07) is 6.03. The van der Waals surface area contributed by atoms with E-state index in [1.54, 1.807) is 6.92 Å². The van der Waals surface area contributed by atoms with Gasteiger partial charge >= 0.3 is 0 Å². The lowest BCUT2D eigenvalue weighted by atomic mass is 9.81. The van der Waals surface area contributed by atoms with Crippen molar-refractivity contribution in [1.82, 2.24) is 4.57 Å². The van der Waals surface area contributed by atoms with Crippen LogP contribution in [0.5, 0.6) is 0 Å². The van der Waals surface area contributed by atoms with Crippen molar-refractivity contribution >= 4 is 32.7 Å². The summed E-state index contributed by atoms with van der Waals surface area (Å²) in [5.74, 6) is -0.203. The SMILES string of the molecule is CC(O)Cn1cc(C(C(N)=O)C2CCCCCC2)c2c(Br)cccc21. The van der Waals surface area contributed by atoms with Gasteiger partial charge in [-0.1, -0.05) is 47.7 Å². The largest absolute Gasteiger partial charge is 0.392 e. The van der Waals surface area contributed by atoms with Gasteiger partial charge in [0, 0.05) is 28.1 Å². The molecule has 0 radical (unpaired) electrons. The number of aliphatic hydroxyl groups excluding tert-OH is 1. The van der Waals surface area contributed by atoms with Gasteiger partial charge in [-0.3, -0.25) is 4.79 Å². The van der Waals surface area contributed by atoms with Gasteiger partial charge in [-0.05, 0) is 43.4 Å². The molecule has 1 aliphatic rings. The maximum atomic E-state index is 12.4. The van der Waals surface area contributed by atoms with Crippen molar-refractivity contribution in [3.05, 3.63) is 34.4 Å². The Morgan fingerprint density at radius 3 is 2.60 bits per heavy atom. The zero-order valence-electron chi connectivity index (χ0n) is 14.7. The maximum absolute atomic E-state index is 12.4. The van der Waals surface area contributed by atoms with Gasteiger partial charge in [0.25, 0.3) is 0 Å². The Labute approximate surface area is 157 Å². The number of amides is 1. The average Bonchev–Trinajstić information content (AvgIpc) is 2.72. The lowest BCUT2D eigenvalue weighted by Crippen LogP contribution is -2.28. The van der Waals surface area contributed by atoms with Crippen LogP contribution in [-0.4, -0.2) is 21.7 Å². The molecule has 1 aliphatic carbocycles. The van der Waals surface area contributed by atoms with Crippen LogP contribution in [0.4, 0.5) is 0 Å². The van der Waals surface area contributed by atoms with Gasteiger partial charge in [-0.25, -0.2) is 0 Å². The summed E-state index contributed by atoms with van der Waals surface area (Å²) in [6.45, 7) is 2.28. The minimum Gasteiger partial charge on any atom is -0.392 e. The van der Waals surface area contributed by atoms with Gasteiger partial charge in [-0.15, -0.1) is 0 Å². The maximum Gasteiger partial charge on any atom is 0.225 e. The van der Waals surface area contributed by atoms with Gasteiger partial charge in [0.2, 0.25) is 5.91 Å². The van der Waals surface area contributed by atoms with Crippen molar-refractivity contribution in [2.24, 2.45) is 11.7 Å². The van der Waals surface area contributed by atoms with Gasteiger partial charge in [0.1, 0.15) is 0 Å². The minimum atomic E-state index is -0.452. The lowest BCUT2D eigenvalue weighted by Gasteiger charge is -2.23. The summed E-state index contributed by atoms with van der Waals surface area (Å²) in [7, 11) is 0. The Hall–Kier alpha value is -1.33. The fourth-order valence-electron chi connectivity index (χ4n) is 4.30. The molecular weight excluding hydrogens is 380 g/mol. The van der Waals surface area contributed by atoms with Crippen molar-refractivity contribution in [3.8, 4) is 0 Å². The molecule has 0 aliphatic heterocycles. The number of aromatic nitrogens is 1. The second kappa shape index (κ2) is 7.92. The number of aliphatic hydroxyl groups is 1. The molecule has 1 saturated carbocycles. The molecule has 3 rings (SSSR count). The molecule has 136 valence electrons. The third-order valence-electron chi connectivity index (χ3n) is 5.36. The number of primary amides is 1. The van der Waals surface area contributed by atoms with E-state index in [0.717, 1.165) is 33.8 Å². The number of fused-ring (bicyclic) bond motifs is 1. The lowest BCUT2D eigenvalue weighted by molar-refractivity contribution is -0.120. The summed E-state index contributed by atoms with van der Waals surface area (Å²) in [5.41, 5.74) is 7.92. The second-order valence-electron chi connectivity index (χ2n) is 7.35. The van der Waals surface area contributed by atoms with E-state index in [4.69, 9.17) is 5.73 Å². The Bertz CT molecular complexity index is 745. The molecule has 0 bridgehead atoms. The summed E-state index contributed by atoms with van der Waals surface area (Å²) >= 11 is 3.66. The van der Waals surface area contributed by atoms with Crippen LogP contribution in [0.3, 0.4) is 0 Å². The highest BCUT2D eigenvalue weighted by atomic mass is 79.9. The van der Waals surface area contributed by atoms with Gasteiger partial charge in [0.15, 0.2) is 0 Å². The van der Waals surface area contributed by atoms with Crippen molar-refractivity contribution in [2.75, 3.05) is 0 Å². The van der Waals surface area contributed by atoms with Gasteiger partial charge in [-0.2, -0.15) is 0 Å². The first kappa shape index (κ1) is 18.5. The highest BCUT2D eigenvalue weighted by molar-refractivity contribution is 9.10. The quantitative estimate of drug-likeness (QED) is 0.725. The Morgan fingerprint density at radius 1 is 1.32 bits per heavy atom. The third kappa shape index (κ3) is 3.93. The number of nitrogens with two attached hydrogens (primary N) is 1. The number of benzene rings is 1. The first-order valence-corrected chi connectivity index (χ1v) is 10.0. The van der Waals surface area contributed by atoms with Crippen molar-refractivity contribution < 1.29 is 9.90 Å². The number of rotatable bonds is 5. The van der Waals surface area contributed by atoms with E-state index in [1.165, 1.54) is 25.7 Å². The number of nitrogens with zero attached hydrogens (tertiary/aromatic N) is 1. The topological polar surface area (TPSA) is 68.2 Å². The Balaban J connectivity index is 2.12. The fraction of sp³-hybridized carbons (Fsp3) is 0.550. The smallest absolute Gasteiger partial charge is 0.225 e. The zero-order valence-corrected chi connectivity index (χ0v) is 16.3. The average molecular weight is 407 g/mol. The summed E-state index contributed by atoms with van der Waals surface area (Å²) in [6.07, 6.45) is 8.52. The van der Waals surface area contributed by atoms with Crippen LogP contribution in [0.15, 0.2) is 28.9 Å². The van der Waals surface area contributed by atoms with E-state index >= 15 is 0 Å². The minimum absolute atomic E-state index is 0.237. The molecule has 25 heavy (non-hydrogen) atoms. The number of hydrogen-bond donors (Lipinski definition) is 2. The zero-order chi connectivity index (χ0) is 18.0. The molecule has 1 amide bonds. The molecule has 0 saturated heterocycles. The molecule has 1 aromatic carbocycles. The van der Waals surface area contributed by atoms with Crippen molar-refractivity contribution in [2.45, 2.75) is 64.0 Å². The van der Waals surface area contributed by atoms with Crippen LogP contribution in [0.25, 0.3) is 10.9 Å². The monoisotopic (exact) mass is 406 g/mol. The summed E-state index contributed by atoms with van der Waals surface area (Å²) in [5, 5.41) is 10.9. The van der Waals surface area contributed by atoms with Crippen LogP contribution in [0, 0.1) is 5.92 Å². The first-order chi connectivity index (χ1) is 12.0. The van der Waals surface area contributed by atoms with Crippen LogP contribution in [-0.2, 0) is 11.3 Å². The number of hydrogen-bond acceptors (Lipinski definition) is 2. The summed E-state index contributed by atoms with van der Waals surface area (Å²) < 4.78 is 3.02. The number of carbonyl (C=O) groups is 1. The molecule has 1 fully saturated rings. The van der Waals surface area contributed by atoms with E-state index in [0.29, 0.717) is 12.5 Å². The molecule has 2 aromatic rings. The molecule has 1 heterocycles. The van der Waals surface area contributed by atoms with E-state index in [9.17, 15) is 9.90 Å². The number of halogens is 1. The predicted molar refractivity (Wildman–Crippen MR) is 104 cm³/mol. The van der Waals surface area contributed by atoms with Crippen LogP contribution in [0.2, 0.25) is 0 Å². The molecule has 3 N–H and O–H groups in total. The third-order valence-corrected chi connectivity index (χ3v) is 6.02. The first-order valence-electron chi connectivity index (χ1n) is 9.23. The van der Waals surface area contributed by atoms with Gasteiger partial charge < -0.3 is 15.4 Å². The Morgan fingerprint density at radius 2 is 2.00 bits per heavy atom. The normalized spacial score (nSPS) is 18.8. The Kier molecular flexibility index (Phi) is 5.85.